The Kier molecular flexibility index (Phi) is 2.76. The standard InChI is InChI=1S/C7H5NO4S/c9-7(10)5-2-4-13-6(5)1-3-8(11)12/h1-4H,(H,9,10)/p-1/b3-1+. The molecule has 1 heterocycles. The van der Waals surface area contributed by atoms with E-state index in [0.717, 1.165) is 17.4 Å². The molecule has 0 aliphatic rings. The number of aromatic carboxylic acids is 1. The summed E-state index contributed by atoms with van der Waals surface area (Å²) in [4.78, 5) is 20.0. The largest absolute Gasteiger partial charge is 0.545 e. The number of carboxylic acid groups (broad SMARTS) is 1. The second-order valence-electron chi connectivity index (χ2n) is 2.09. The Morgan fingerprint density at radius 2 is 2.31 bits per heavy atom. The first-order valence-corrected chi connectivity index (χ1v) is 4.10. The third-order valence-electron chi connectivity index (χ3n) is 1.26. The molecule has 1 aromatic heterocycles. The van der Waals surface area contributed by atoms with Crippen LogP contribution in [-0.4, -0.2) is 10.9 Å². The molecule has 0 aliphatic carbocycles. The van der Waals surface area contributed by atoms with E-state index in [1.807, 2.05) is 0 Å². The zero-order valence-corrected chi connectivity index (χ0v) is 7.11. The van der Waals surface area contributed by atoms with Crippen LogP contribution in [-0.2, 0) is 0 Å². The SMILES string of the molecule is O=C([O-])c1ccsc1/C=C/[N+](=O)[O-]. The molecule has 68 valence electrons. The molecule has 0 N–H and O–H groups in total. The Hall–Kier alpha value is -1.69. The van der Waals surface area contributed by atoms with Crippen molar-refractivity contribution in [3.63, 3.8) is 0 Å². The number of carbonyl (C=O) groups excluding carboxylic acids is 1. The van der Waals surface area contributed by atoms with E-state index in [9.17, 15) is 20.0 Å². The van der Waals surface area contributed by atoms with Crippen LogP contribution < -0.4 is 5.11 Å². The van der Waals surface area contributed by atoms with Crippen molar-refractivity contribution in [2.75, 3.05) is 0 Å². The van der Waals surface area contributed by atoms with Gasteiger partial charge in [-0.25, -0.2) is 0 Å². The van der Waals surface area contributed by atoms with E-state index in [0.29, 0.717) is 11.1 Å². The third-order valence-corrected chi connectivity index (χ3v) is 2.14. The second-order valence-corrected chi connectivity index (χ2v) is 3.03. The van der Waals surface area contributed by atoms with E-state index in [-0.39, 0.29) is 5.56 Å². The first-order chi connectivity index (χ1) is 6.11. The minimum absolute atomic E-state index is 0.0249. The zero-order valence-electron chi connectivity index (χ0n) is 6.30. The maximum atomic E-state index is 10.4. The van der Waals surface area contributed by atoms with E-state index in [1.165, 1.54) is 11.4 Å². The number of nitrogens with zero attached hydrogens (tertiary/aromatic N) is 1. The molecule has 0 saturated carbocycles. The van der Waals surface area contributed by atoms with Crippen molar-refractivity contribution in [3.8, 4) is 0 Å². The van der Waals surface area contributed by atoms with Crippen LogP contribution in [0, 0.1) is 10.1 Å². The molecule has 0 fully saturated rings. The van der Waals surface area contributed by atoms with Crippen LogP contribution in [0.2, 0.25) is 0 Å². The number of hydrogen-bond donors (Lipinski definition) is 0. The highest BCUT2D eigenvalue weighted by Crippen LogP contribution is 2.17. The van der Waals surface area contributed by atoms with E-state index in [2.05, 4.69) is 0 Å². The fraction of sp³-hybridized carbons (Fsp3) is 0. The van der Waals surface area contributed by atoms with E-state index in [1.54, 1.807) is 0 Å². The van der Waals surface area contributed by atoms with Crippen LogP contribution in [0.15, 0.2) is 17.6 Å². The summed E-state index contributed by atoms with van der Waals surface area (Å²) in [6.07, 6.45) is 1.83. The minimum atomic E-state index is -1.33. The summed E-state index contributed by atoms with van der Waals surface area (Å²) >= 11 is 1.11. The van der Waals surface area contributed by atoms with Crippen molar-refractivity contribution < 1.29 is 14.8 Å². The van der Waals surface area contributed by atoms with Crippen molar-refractivity contribution >= 4 is 23.4 Å². The number of thiophene rings is 1. The van der Waals surface area contributed by atoms with Crippen molar-refractivity contribution in [2.24, 2.45) is 0 Å². The molecule has 13 heavy (non-hydrogen) atoms. The zero-order chi connectivity index (χ0) is 9.84. The van der Waals surface area contributed by atoms with Crippen molar-refractivity contribution in [1.82, 2.24) is 0 Å². The lowest BCUT2D eigenvalue weighted by Gasteiger charge is -1.97. The van der Waals surface area contributed by atoms with Crippen molar-refractivity contribution in [2.45, 2.75) is 0 Å². The summed E-state index contributed by atoms with van der Waals surface area (Å²) < 4.78 is 0. The lowest BCUT2D eigenvalue weighted by molar-refractivity contribution is -0.400. The molecule has 1 aromatic rings. The van der Waals surface area contributed by atoms with Gasteiger partial charge in [-0.1, -0.05) is 0 Å². The molecule has 6 heteroatoms. The first kappa shape index (κ1) is 9.40. The number of rotatable bonds is 3. The van der Waals surface area contributed by atoms with E-state index in [4.69, 9.17) is 0 Å². The molecule has 0 radical (unpaired) electrons. The summed E-state index contributed by atoms with van der Waals surface area (Å²) in [6, 6.07) is 1.35. The summed E-state index contributed by atoms with van der Waals surface area (Å²) in [6.45, 7) is 0. The van der Waals surface area contributed by atoms with Gasteiger partial charge < -0.3 is 9.90 Å². The quantitative estimate of drug-likeness (QED) is 0.518. The molecule has 1 rings (SSSR count). The number of carboxylic acids is 1. The molecule has 0 saturated heterocycles. The predicted molar refractivity (Wildman–Crippen MR) is 44.7 cm³/mol. The lowest BCUT2D eigenvalue weighted by Crippen LogP contribution is -2.22. The second kappa shape index (κ2) is 3.81. The smallest absolute Gasteiger partial charge is 0.235 e. The first-order valence-electron chi connectivity index (χ1n) is 3.22. The van der Waals surface area contributed by atoms with Gasteiger partial charge in [0.2, 0.25) is 6.20 Å². The molecule has 0 unspecified atom stereocenters. The Morgan fingerprint density at radius 1 is 1.62 bits per heavy atom. The molecular formula is C7H4NO4S-. The number of hydrogen-bond acceptors (Lipinski definition) is 5. The van der Waals surface area contributed by atoms with Gasteiger partial charge in [-0.15, -0.1) is 11.3 Å². The highest BCUT2D eigenvalue weighted by molar-refractivity contribution is 7.11. The van der Waals surface area contributed by atoms with Gasteiger partial charge in [0.15, 0.2) is 0 Å². The topological polar surface area (TPSA) is 83.3 Å². The molecule has 0 amide bonds. The fourth-order valence-electron chi connectivity index (χ4n) is 0.747. The minimum Gasteiger partial charge on any atom is -0.545 e. The Morgan fingerprint density at radius 3 is 2.85 bits per heavy atom. The predicted octanol–water partition coefficient (Wildman–Crippen LogP) is 0.359. The van der Waals surface area contributed by atoms with E-state index < -0.39 is 10.9 Å². The van der Waals surface area contributed by atoms with Crippen LogP contribution >= 0.6 is 11.3 Å². The Bertz CT molecular complexity index is 368. The Balaban J connectivity index is 2.95. The Labute approximate surface area is 77.1 Å². The van der Waals surface area contributed by atoms with Gasteiger partial charge in [-0.05, 0) is 11.4 Å². The molecule has 0 spiro atoms. The summed E-state index contributed by atoms with van der Waals surface area (Å²) in [5.41, 5.74) is -0.0249. The van der Waals surface area contributed by atoms with Gasteiger partial charge in [0.1, 0.15) is 0 Å². The van der Waals surface area contributed by atoms with Crippen molar-refractivity contribution in [1.29, 1.82) is 0 Å². The molecule has 0 aromatic carbocycles. The van der Waals surface area contributed by atoms with E-state index >= 15 is 0 Å². The number of nitro groups is 1. The van der Waals surface area contributed by atoms with Gasteiger partial charge in [0.25, 0.3) is 0 Å². The molecule has 0 bridgehead atoms. The van der Waals surface area contributed by atoms with Crippen molar-refractivity contribution in [3.05, 3.63) is 38.2 Å². The summed E-state index contributed by atoms with van der Waals surface area (Å²) in [7, 11) is 0. The third kappa shape index (κ3) is 2.38. The molecule has 0 aliphatic heterocycles. The molecule has 0 atom stereocenters. The highest BCUT2D eigenvalue weighted by Gasteiger charge is 2.02. The van der Waals surface area contributed by atoms with Crippen LogP contribution in [0.5, 0.6) is 0 Å². The van der Waals surface area contributed by atoms with Crippen LogP contribution in [0.25, 0.3) is 6.08 Å². The van der Waals surface area contributed by atoms with Gasteiger partial charge in [0, 0.05) is 16.5 Å². The lowest BCUT2D eigenvalue weighted by atomic mass is 10.2. The van der Waals surface area contributed by atoms with Gasteiger partial charge in [-0.2, -0.15) is 0 Å². The summed E-state index contributed by atoms with van der Waals surface area (Å²) in [5.74, 6) is -1.33. The van der Waals surface area contributed by atoms with Crippen LogP contribution in [0.4, 0.5) is 0 Å². The van der Waals surface area contributed by atoms with Crippen LogP contribution in [0.3, 0.4) is 0 Å². The maximum absolute atomic E-state index is 10.4. The average molecular weight is 198 g/mol. The van der Waals surface area contributed by atoms with Gasteiger partial charge >= 0.3 is 0 Å². The van der Waals surface area contributed by atoms with Gasteiger partial charge in [-0.3, -0.25) is 10.1 Å². The number of carbonyl (C=O) groups is 1. The highest BCUT2D eigenvalue weighted by atomic mass is 32.1. The maximum Gasteiger partial charge on any atom is 0.235 e. The monoisotopic (exact) mass is 198 g/mol. The summed E-state index contributed by atoms with van der Waals surface area (Å²) in [5, 5.41) is 21.9. The molecular weight excluding hydrogens is 194 g/mol. The molecule has 5 nitrogen and oxygen atoms in total. The van der Waals surface area contributed by atoms with Gasteiger partial charge in [0.05, 0.1) is 10.9 Å². The fourth-order valence-corrected chi connectivity index (χ4v) is 1.52. The van der Waals surface area contributed by atoms with Crippen LogP contribution in [0.1, 0.15) is 15.2 Å². The average Bonchev–Trinajstić information content (AvgIpc) is 2.47. The normalized spacial score (nSPS) is 10.5.